The standard InChI is InChI=1S/C16H15ClN2O2/c1-11(20)19(2)15-9-4-3-8-14(15)18-16(21)12-6-5-7-13(17)10-12/h3-10H,1-2H3,(H,18,21). The first-order valence-corrected chi connectivity index (χ1v) is 6.77. The van der Waals surface area contributed by atoms with E-state index in [9.17, 15) is 9.59 Å². The van der Waals surface area contributed by atoms with Gasteiger partial charge in [-0.1, -0.05) is 29.8 Å². The number of para-hydroxylation sites is 2. The van der Waals surface area contributed by atoms with Gasteiger partial charge in [0.2, 0.25) is 5.91 Å². The lowest BCUT2D eigenvalue weighted by Crippen LogP contribution is -2.24. The monoisotopic (exact) mass is 302 g/mol. The highest BCUT2D eigenvalue weighted by atomic mass is 35.5. The number of amides is 2. The number of hydrogen-bond acceptors (Lipinski definition) is 2. The third-order valence-electron chi connectivity index (χ3n) is 3.07. The molecule has 2 rings (SSSR count). The fourth-order valence-corrected chi connectivity index (χ4v) is 2.06. The van der Waals surface area contributed by atoms with Gasteiger partial charge >= 0.3 is 0 Å². The highest BCUT2D eigenvalue weighted by molar-refractivity contribution is 6.31. The maximum absolute atomic E-state index is 12.2. The molecular formula is C16H15ClN2O2. The lowest BCUT2D eigenvalue weighted by Gasteiger charge is -2.19. The van der Waals surface area contributed by atoms with Crippen LogP contribution in [-0.4, -0.2) is 18.9 Å². The number of carbonyl (C=O) groups is 2. The molecule has 0 aliphatic carbocycles. The number of benzene rings is 2. The quantitative estimate of drug-likeness (QED) is 0.942. The molecular weight excluding hydrogens is 288 g/mol. The Bertz CT molecular complexity index is 685. The fourth-order valence-electron chi connectivity index (χ4n) is 1.87. The summed E-state index contributed by atoms with van der Waals surface area (Å²) in [4.78, 5) is 25.2. The molecule has 5 heteroatoms. The normalized spacial score (nSPS) is 10.0. The van der Waals surface area contributed by atoms with E-state index in [0.29, 0.717) is 22.0 Å². The summed E-state index contributed by atoms with van der Waals surface area (Å²) in [6.07, 6.45) is 0. The van der Waals surface area contributed by atoms with Gasteiger partial charge in [-0.05, 0) is 30.3 Å². The van der Waals surface area contributed by atoms with Gasteiger partial charge < -0.3 is 10.2 Å². The smallest absolute Gasteiger partial charge is 0.255 e. The summed E-state index contributed by atoms with van der Waals surface area (Å²) in [5.74, 6) is -0.388. The zero-order chi connectivity index (χ0) is 15.4. The lowest BCUT2D eigenvalue weighted by molar-refractivity contribution is -0.116. The molecule has 0 spiro atoms. The van der Waals surface area contributed by atoms with E-state index in [4.69, 9.17) is 11.6 Å². The van der Waals surface area contributed by atoms with E-state index in [1.54, 1.807) is 49.5 Å². The molecule has 108 valence electrons. The van der Waals surface area contributed by atoms with Crippen molar-refractivity contribution >= 4 is 34.8 Å². The van der Waals surface area contributed by atoms with E-state index in [0.717, 1.165) is 0 Å². The van der Waals surface area contributed by atoms with Crippen LogP contribution in [0.5, 0.6) is 0 Å². The molecule has 0 unspecified atom stereocenters. The van der Waals surface area contributed by atoms with Crippen molar-refractivity contribution in [3.05, 3.63) is 59.1 Å². The third-order valence-corrected chi connectivity index (χ3v) is 3.31. The van der Waals surface area contributed by atoms with Crippen LogP contribution in [0.3, 0.4) is 0 Å². The van der Waals surface area contributed by atoms with E-state index in [2.05, 4.69) is 5.32 Å². The number of anilines is 2. The molecule has 0 fully saturated rings. The second kappa shape index (κ2) is 6.41. The summed E-state index contributed by atoms with van der Waals surface area (Å²) in [5, 5.41) is 3.30. The molecule has 2 aromatic carbocycles. The summed E-state index contributed by atoms with van der Waals surface area (Å²) in [5.41, 5.74) is 1.67. The molecule has 0 radical (unpaired) electrons. The molecule has 0 saturated heterocycles. The number of rotatable bonds is 3. The van der Waals surface area contributed by atoms with E-state index < -0.39 is 0 Å². The van der Waals surface area contributed by atoms with Gasteiger partial charge in [0.1, 0.15) is 0 Å². The van der Waals surface area contributed by atoms with Crippen molar-refractivity contribution in [1.29, 1.82) is 0 Å². The van der Waals surface area contributed by atoms with Crippen LogP contribution in [0.4, 0.5) is 11.4 Å². The summed E-state index contributed by atoms with van der Waals surface area (Å²) >= 11 is 5.88. The van der Waals surface area contributed by atoms with Crippen molar-refractivity contribution in [1.82, 2.24) is 0 Å². The molecule has 0 aromatic heterocycles. The van der Waals surface area contributed by atoms with Gasteiger partial charge in [0.05, 0.1) is 11.4 Å². The molecule has 0 heterocycles. The van der Waals surface area contributed by atoms with Gasteiger partial charge in [-0.25, -0.2) is 0 Å². The first kappa shape index (κ1) is 15.1. The van der Waals surface area contributed by atoms with Crippen LogP contribution in [0.1, 0.15) is 17.3 Å². The third kappa shape index (κ3) is 3.61. The number of nitrogens with zero attached hydrogens (tertiary/aromatic N) is 1. The van der Waals surface area contributed by atoms with Crippen LogP contribution >= 0.6 is 11.6 Å². The van der Waals surface area contributed by atoms with Gasteiger partial charge in [0, 0.05) is 24.6 Å². The molecule has 0 atom stereocenters. The maximum Gasteiger partial charge on any atom is 0.255 e. The summed E-state index contributed by atoms with van der Waals surface area (Å²) in [6, 6.07) is 13.8. The Morgan fingerprint density at radius 2 is 1.81 bits per heavy atom. The Morgan fingerprint density at radius 1 is 1.10 bits per heavy atom. The molecule has 2 amide bonds. The zero-order valence-corrected chi connectivity index (χ0v) is 12.5. The first-order chi connectivity index (χ1) is 9.99. The van der Waals surface area contributed by atoms with Crippen LogP contribution < -0.4 is 10.2 Å². The van der Waals surface area contributed by atoms with Gasteiger partial charge in [-0.3, -0.25) is 9.59 Å². The zero-order valence-electron chi connectivity index (χ0n) is 11.8. The van der Waals surface area contributed by atoms with Crippen molar-refractivity contribution in [3.8, 4) is 0 Å². The minimum atomic E-state index is -0.276. The average Bonchev–Trinajstić information content (AvgIpc) is 2.47. The van der Waals surface area contributed by atoms with Gasteiger partial charge in [-0.2, -0.15) is 0 Å². The van der Waals surface area contributed by atoms with Crippen LogP contribution in [0, 0.1) is 0 Å². The Morgan fingerprint density at radius 3 is 2.48 bits per heavy atom. The molecule has 2 aromatic rings. The second-order valence-corrected chi connectivity index (χ2v) is 5.00. The van der Waals surface area contributed by atoms with Crippen LogP contribution in [0.25, 0.3) is 0 Å². The average molecular weight is 303 g/mol. The topological polar surface area (TPSA) is 49.4 Å². The van der Waals surface area contributed by atoms with Crippen molar-refractivity contribution < 1.29 is 9.59 Å². The highest BCUT2D eigenvalue weighted by Crippen LogP contribution is 2.25. The summed E-state index contributed by atoms with van der Waals surface area (Å²) in [6.45, 7) is 1.47. The summed E-state index contributed by atoms with van der Waals surface area (Å²) in [7, 11) is 1.66. The van der Waals surface area contributed by atoms with E-state index in [-0.39, 0.29) is 11.8 Å². The molecule has 4 nitrogen and oxygen atoms in total. The van der Waals surface area contributed by atoms with Crippen LogP contribution in [0.15, 0.2) is 48.5 Å². The SMILES string of the molecule is CC(=O)N(C)c1ccccc1NC(=O)c1cccc(Cl)c1. The van der Waals surface area contributed by atoms with Crippen molar-refractivity contribution in [3.63, 3.8) is 0 Å². The lowest BCUT2D eigenvalue weighted by atomic mass is 10.2. The molecule has 0 saturated carbocycles. The Hall–Kier alpha value is -2.33. The van der Waals surface area contributed by atoms with Gasteiger partial charge in [-0.15, -0.1) is 0 Å². The fraction of sp³-hybridized carbons (Fsp3) is 0.125. The molecule has 21 heavy (non-hydrogen) atoms. The number of hydrogen-bond donors (Lipinski definition) is 1. The second-order valence-electron chi connectivity index (χ2n) is 4.56. The van der Waals surface area contributed by atoms with Crippen molar-refractivity contribution in [2.45, 2.75) is 6.92 Å². The predicted octanol–water partition coefficient (Wildman–Crippen LogP) is 3.58. The van der Waals surface area contributed by atoms with E-state index in [1.807, 2.05) is 6.07 Å². The first-order valence-electron chi connectivity index (χ1n) is 6.39. The number of carbonyl (C=O) groups excluding carboxylic acids is 2. The minimum absolute atomic E-state index is 0.112. The van der Waals surface area contributed by atoms with Crippen molar-refractivity contribution in [2.75, 3.05) is 17.3 Å². The molecule has 1 N–H and O–H groups in total. The maximum atomic E-state index is 12.2. The Labute approximate surface area is 128 Å². The van der Waals surface area contributed by atoms with Gasteiger partial charge in [0.15, 0.2) is 0 Å². The summed E-state index contributed by atoms with van der Waals surface area (Å²) < 4.78 is 0. The molecule has 0 aliphatic heterocycles. The van der Waals surface area contributed by atoms with Crippen molar-refractivity contribution in [2.24, 2.45) is 0 Å². The van der Waals surface area contributed by atoms with Crippen LogP contribution in [-0.2, 0) is 4.79 Å². The van der Waals surface area contributed by atoms with E-state index >= 15 is 0 Å². The van der Waals surface area contributed by atoms with Gasteiger partial charge in [0.25, 0.3) is 5.91 Å². The minimum Gasteiger partial charge on any atom is -0.320 e. The Balaban J connectivity index is 2.28. The molecule has 0 aliphatic rings. The number of nitrogens with one attached hydrogen (secondary N) is 1. The molecule has 0 bridgehead atoms. The Kier molecular flexibility index (Phi) is 4.60. The predicted molar refractivity (Wildman–Crippen MR) is 84.9 cm³/mol. The van der Waals surface area contributed by atoms with E-state index in [1.165, 1.54) is 11.8 Å². The largest absolute Gasteiger partial charge is 0.320 e. The highest BCUT2D eigenvalue weighted by Gasteiger charge is 2.13. The van der Waals surface area contributed by atoms with Crippen LogP contribution in [0.2, 0.25) is 5.02 Å². The number of halogens is 1.